The molecule has 7 nitrogen and oxygen atoms in total. The number of amidine groups is 1. The maximum Gasteiger partial charge on any atom is 0.265 e. The van der Waals surface area contributed by atoms with Crippen LogP contribution in [0.25, 0.3) is 0 Å². The Morgan fingerprint density at radius 1 is 1.15 bits per heavy atom. The van der Waals surface area contributed by atoms with Gasteiger partial charge >= 0.3 is 0 Å². The molecule has 0 aromatic heterocycles. The van der Waals surface area contributed by atoms with Crippen molar-refractivity contribution in [2.75, 3.05) is 18.5 Å². The lowest BCUT2D eigenvalue weighted by Gasteiger charge is -2.07. The smallest absolute Gasteiger partial charge is 0.265 e. The first kappa shape index (κ1) is 19.3. The molecule has 0 atom stereocenters. The Labute approximate surface area is 156 Å². The number of nitrogens with two attached hydrogens (primary N) is 1. The predicted octanol–water partition coefficient (Wildman–Crippen LogP) is 2.37. The molecule has 0 fully saturated rings. The molecular formula is C18H19ClN4O3. The lowest BCUT2D eigenvalue weighted by atomic mass is 10.2. The fourth-order valence-corrected chi connectivity index (χ4v) is 2.25. The Bertz CT molecular complexity index is 824. The monoisotopic (exact) mass is 374 g/mol. The molecule has 2 rings (SSSR count). The lowest BCUT2D eigenvalue weighted by Crippen LogP contribution is -2.23. The van der Waals surface area contributed by atoms with Crippen molar-refractivity contribution in [3.63, 3.8) is 0 Å². The van der Waals surface area contributed by atoms with Gasteiger partial charge in [0.05, 0.1) is 0 Å². The largest absolute Gasteiger partial charge is 0.384 e. The van der Waals surface area contributed by atoms with Crippen LogP contribution in [0.1, 0.15) is 22.8 Å². The summed E-state index contributed by atoms with van der Waals surface area (Å²) >= 11 is 5.87. The van der Waals surface area contributed by atoms with Gasteiger partial charge in [0.25, 0.3) is 11.8 Å². The van der Waals surface area contributed by atoms with E-state index in [2.05, 4.69) is 15.8 Å². The first-order valence-corrected chi connectivity index (χ1v) is 8.27. The van der Waals surface area contributed by atoms with Crippen LogP contribution in [0.2, 0.25) is 5.02 Å². The Balaban J connectivity index is 1.90. The van der Waals surface area contributed by atoms with Crippen LogP contribution in [-0.2, 0) is 9.63 Å². The van der Waals surface area contributed by atoms with E-state index in [1.807, 2.05) is 6.92 Å². The molecule has 8 heteroatoms. The molecule has 0 aliphatic rings. The number of rotatable bonds is 7. The molecule has 0 saturated heterocycles. The molecule has 4 N–H and O–H groups in total. The number of benzene rings is 2. The van der Waals surface area contributed by atoms with Crippen LogP contribution in [0, 0.1) is 0 Å². The molecule has 0 unspecified atom stereocenters. The van der Waals surface area contributed by atoms with Gasteiger partial charge in [-0.05, 0) is 37.3 Å². The van der Waals surface area contributed by atoms with E-state index in [0.717, 1.165) is 0 Å². The second-order valence-electron chi connectivity index (χ2n) is 5.25. The molecule has 2 amide bonds. The summed E-state index contributed by atoms with van der Waals surface area (Å²) in [7, 11) is 0. The molecule has 2 aromatic carbocycles. The summed E-state index contributed by atoms with van der Waals surface area (Å²) < 4.78 is 0. The van der Waals surface area contributed by atoms with E-state index in [4.69, 9.17) is 22.2 Å². The average Bonchev–Trinajstić information content (AvgIpc) is 2.62. The van der Waals surface area contributed by atoms with Gasteiger partial charge in [0.2, 0.25) is 0 Å². The molecular weight excluding hydrogens is 356 g/mol. The highest BCUT2D eigenvalue weighted by Crippen LogP contribution is 2.11. The van der Waals surface area contributed by atoms with Crippen molar-refractivity contribution in [1.82, 2.24) is 5.32 Å². The van der Waals surface area contributed by atoms with E-state index in [9.17, 15) is 9.59 Å². The van der Waals surface area contributed by atoms with Gasteiger partial charge in [0, 0.05) is 28.4 Å². The third kappa shape index (κ3) is 5.78. The van der Waals surface area contributed by atoms with Gasteiger partial charge in [-0.25, -0.2) is 0 Å². The zero-order valence-electron chi connectivity index (χ0n) is 14.2. The number of hydrogen-bond acceptors (Lipinski definition) is 4. The first-order chi connectivity index (χ1) is 12.5. The standard InChI is InChI=1S/C18H19ClN4O3/c1-2-21-18(25)13-6-4-8-15(10-13)22-16(24)11-26-23-17(20)12-5-3-7-14(19)9-12/h3-10H,2,11H2,1H3,(H2,20,23)(H,21,25)(H,22,24). The summed E-state index contributed by atoms with van der Waals surface area (Å²) in [6.07, 6.45) is 0. The van der Waals surface area contributed by atoms with Gasteiger partial charge in [-0.15, -0.1) is 0 Å². The number of anilines is 1. The van der Waals surface area contributed by atoms with Crippen molar-refractivity contribution in [3.05, 3.63) is 64.7 Å². The van der Waals surface area contributed by atoms with Crippen LogP contribution < -0.4 is 16.4 Å². The molecule has 0 heterocycles. The zero-order valence-corrected chi connectivity index (χ0v) is 14.9. The van der Waals surface area contributed by atoms with E-state index in [-0.39, 0.29) is 18.3 Å². The number of halogens is 1. The maximum absolute atomic E-state index is 11.9. The minimum absolute atomic E-state index is 0.110. The van der Waals surface area contributed by atoms with Crippen molar-refractivity contribution in [1.29, 1.82) is 0 Å². The van der Waals surface area contributed by atoms with Crippen molar-refractivity contribution in [2.45, 2.75) is 6.92 Å². The summed E-state index contributed by atoms with van der Waals surface area (Å²) in [4.78, 5) is 28.7. The van der Waals surface area contributed by atoms with E-state index in [1.54, 1.807) is 48.5 Å². The van der Waals surface area contributed by atoms with Crippen LogP contribution in [-0.4, -0.2) is 30.8 Å². The Kier molecular flexibility index (Phi) is 6.99. The Morgan fingerprint density at radius 2 is 1.88 bits per heavy atom. The normalized spacial score (nSPS) is 10.9. The number of oxime groups is 1. The number of amides is 2. The highest BCUT2D eigenvalue weighted by Gasteiger charge is 2.08. The van der Waals surface area contributed by atoms with Gasteiger partial charge in [0.15, 0.2) is 12.4 Å². The second kappa shape index (κ2) is 9.43. The van der Waals surface area contributed by atoms with Crippen LogP contribution in [0.3, 0.4) is 0 Å². The van der Waals surface area contributed by atoms with E-state index in [0.29, 0.717) is 28.4 Å². The minimum atomic E-state index is -0.430. The molecule has 26 heavy (non-hydrogen) atoms. The summed E-state index contributed by atoms with van der Waals surface area (Å²) in [5.41, 5.74) is 7.30. The minimum Gasteiger partial charge on any atom is -0.384 e. The van der Waals surface area contributed by atoms with Crippen molar-refractivity contribution in [2.24, 2.45) is 10.9 Å². The third-order valence-electron chi connectivity index (χ3n) is 3.22. The van der Waals surface area contributed by atoms with E-state index in [1.165, 1.54) is 0 Å². The van der Waals surface area contributed by atoms with Crippen molar-refractivity contribution < 1.29 is 14.4 Å². The van der Waals surface area contributed by atoms with Gasteiger partial charge in [-0.2, -0.15) is 0 Å². The fraction of sp³-hybridized carbons (Fsp3) is 0.167. The van der Waals surface area contributed by atoms with Crippen LogP contribution in [0.5, 0.6) is 0 Å². The van der Waals surface area contributed by atoms with Crippen LogP contribution in [0.4, 0.5) is 5.69 Å². The lowest BCUT2D eigenvalue weighted by molar-refractivity contribution is -0.120. The molecule has 0 saturated carbocycles. The summed E-state index contributed by atoms with van der Waals surface area (Å²) in [6, 6.07) is 13.4. The molecule has 0 spiro atoms. The molecule has 0 radical (unpaired) electrons. The SMILES string of the molecule is CCNC(=O)c1cccc(NC(=O)CO/N=C(\N)c2cccc(Cl)c2)c1. The van der Waals surface area contributed by atoms with Crippen molar-refractivity contribution in [3.8, 4) is 0 Å². The number of nitrogens with zero attached hydrogens (tertiary/aromatic N) is 1. The van der Waals surface area contributed by atoms with Crippen LogP contribution >= 0.6 is 11.6 Å². The number of carbonyl (C=O) groups excluding carboxylic acids is 2. The van der Waals surface area contributed by atoms with Gasteiger partial charge < -0.3 is 21.2 Å². The first-order valence-electron chi connectivity index (χ1n) is 7.89. The average molecular weight is 375 g/mol. The van der Waals surface area contributed by atoms with Gasteiger partial charge in [-0.3, -0.25) is 9.59 Å². The summed E-state index contributed by atoms with van der Waals surface area (Å²) in [5.74, 6) is -0.530. The highest BCUT2D eigenvalue weighted by atomic mass is 35.5. The molecule has 0 aliphatic carbocycles. The number of nitrogens with one attached hydrogen (secondary N) is 2. The van der Waals surface area contributed by atoms with Gasteiger partial charge in [-0.1, -0.05) is 35.0 Å². The van der Waals surface area contributed by atoms with E-state index >= 15 is 0 Å². The van der Waals surface area contributed by atoms with E-state index < -0.39 is 5.91 Å². The fourth-order valence-electron chi connectivity index (χ4n) is 2.06. The van der Waals surface area contributed by atoms with Gasteiger partial charge in [0.1, 0.15) is 0 Å². The Hall–Kier alpha value is -3.06. The summed E-state index contributed by atoms with van der Waals surface area (Å²) in [5, 5.41) is 9.53. The summed E-state index contributed by atoms with van der Waals surface area (Å²) in [6.45, 7) is 2.03. The molecule has 0 aliphatic heterocycles. The highest BCUT2D eigenvalue weighted by molar-refractivity contribution is 6.31. The quantitative estimate of drug-likeness (QED) is 0.393. The molecule has 136 valence electrons. The number of carbonyl (C=O) groups is 2. The maximum atomic E-state index is 11.9. The third-order valence-corrected chi connectivity index (χ3v) is 3.46. The molecule has 0 bridgehead atoms. The Morgan fingerprint density at radius 3 is 2.62 bits per heavy atom. The number of hydrogen-bond donors (Lipinski definition) is 3. The van der Waals surface area contributed by atoms with Crippen LogP contribution in [0.15, 0.2) is 53.7 Å². The second-order valence-corrected chi connectivity index (χ2v) is 5.69. The van der Waals surface area contributed by atoms with Crippen molar-refractivity contribution >= 4 is 34.9 Å². The predicted molar refractivity (Wildman–Crippen MR) is 101 cm³/mol. The zero-order chi connectivity index (χ0) is 18.9. The topological polar surface area (TPSA) is 106 Å². The molecule has 2 aromatic rings.